The van der Waals surface area contributed by atoms with Gasteiger partial charge in [-0.1, -0.05) is 0 Å². The summed E-state index contributed by atoms with van der Waals surface area (Å²) >= 11 is 1.42. The lowest BCUT2D eigenvalue weighted by molar-refractivity contribution is 0.355. The normalized spacial score (nSPS) is 10.6. The average Bonchev–Trinajstić information content (AvgIpc) is 3.06. The summed E-state index contributed by atoms with van der Waals surface area (Å²) in [6.07, 6.45) is 0. The van der Waals surface area contributed by atoms with E-state index in [1.165, 1.54) is 17.4 Å². The molecule has 0 fully saturated rings. The molecule has 0 amide bonds. The van der Waals surface area contributed by atoms with Crippen LogP contribution in [0.2, 0.25) is 0 Å². The second-order valence-electron chi connectivity index (χ2n) is 4.74. The van der Waals surface area contributed by atoms with Crippen LogP contribution in [-0.4, -0.2) is 19.2 Å². The van der Waals surface area contributed by atoms with Gasteiger partial charge in [0.1, 0.15) is 5.01 Å². The molecule has 1 aromatic heterocycles. The van der Waals surface area contributed by atoms with Gasteiger partial charge in [0, 0.05) is 16.5 Å². The van der Waals surface area contributed by atoms with Crippen molar-refractivity contribution in [3.8, 4) is 33.3 Å². The number of halogens is 2. The molecule has 0 saturated heterocycles. The summed E-state index contributed by atoms with van der Waals surface area (Å²) < 4.78 is 36.9. The van der Waals surface area contributed by atoms with Gasteiger partial charge in [-0.3, -0.25) is 0 Å². The maximum Gasteiger partial charge on any atom is 0.161 e. The fraction of sp³-hybridized carbons (Fsp3) is 0.118. The van der Waals surface area contributed by atoms with Gasteiger partial charge < -0.3 is 9.47 Å². The zero-order valence-corrected chi connectivity index (χ0v) is 13.3. The van der Waals surface area contributed by atoms with E-state index < -0.39 is 11.6 Å². The molecule has 0 spiro atoms. The molecule has 0 atom stereocenters. The van der Waals surface area contributed by atoms with Crippen LogP contribution in [0.5, 0.6) is 11.5 Å². The summed E-state index contributed by atoms with van der Waals surface area (Å²) in [4.78, 5) is 4.49. The molecule has 0 aliphatic rings. The second-order valence-corrected chi connectivity index (χ2v) is 5.59. The van der Waals surface area contributed by atoms with Gasteiger partial charge in [0.25, 0.3) is 0 Å². The Morgan fingerprint density at radius 2 is 1.61 bits per heavy atom. The van der Waals surface area contributed by atoms with Crippen LogP contribution in [0.25, 0.3) is 21.8 Å². The quantitative estimate of drug-likeness (QED) is 0.689. The van der Waals surface area contributed by atoms with Crippen LogP contribution in [0.3, 0.4) is 0 Å². The summed E-state index contributed by atoms with van der Waals surface area (Å²) in [5.41, 5.74) is 1.99. The van der Waals surface area contributed by atoms with E-state index in [1.54, 1.807) is 25.7 Å². The number of ether oxygens (including phenoxy) is 2. The highest BCUT2D eigenvalue weighted by Crippen LogP contribution is 2.35. The lowest BCUT2D eigenvalue weighted by Crippen LogP contribution is -1.90. The molecule has 0 unspecified atom stereocenters. The molecule has 0 aliphatic heterocycles. The molecule has 3 nitrogen and oxygen atoms in total. The number of aromatic nitrogens is 1. The standard InChI is InChI=1S/C17H13F2NO2S/c1-21-15-6-4-11(8-16(15)22-2)17-20-14(9-23-17)10-3-5-12(18)13(19)7-10/h3-9H,1-2H3. The van der Waals surface area contributed by atoms with E-state index in [2.05, 4.69) is 4.98 Å². The van der Waals surface area contributed by atoms with Crippen LogP contribution < -0.4 is 9.47 Å². The lowest BCUT2D eigenvalue weighted by Gasteiger charge is -2.08. The average molecular weight is 333 g/mol. The highest BCUT2D eigenvalue weighted by molar-refractivity contribution is 7.13. The molecule has 23 heavy (non-hydrogen) atoms. The van der Waals surface area contributed by atoms with Gasteiger partial charge in [-0.05, 0) is 36.4 Å². The van der Waals surface area contributed by atoms with E-state index in [0.29, 0.717) is 22.8 Å². The van der Waals surface area contributed by atoms with Crippen LogP contribution in [0.1, 0.15) is 0 Å². The molecule has 2 aromatic carbocycles. The van der Waals surface area contributed by atoms with Crippen molar-refractivity contribution in [2.75, 3.05) is 14.2 Å². The van der Waals surface area contributed by atoms with Crippen molar-refractivity contribution in [3.05, 3.63) is 53.4 Å². The van der Waals surface area contributed by atoms with Gasteiger partial charge in [0.2, 0.25) is 0 Å². The molecular weight excluding hydrogens is 320 g/mol. The molecule has 1 heterocycles. The maximum absolute atomic E-state index is 13.3. The minimum Gasteiger partial charge on any atom is -0.493 e. The van der Waals surface area contributed by atoms with Gasteiger partial charge in [-0.15, -0.1) is 11.3 Å². The minimum atomic E-state index is -0.886. The number of nitrogens with zero attached hydrogens (tertiary/aromatic N) is 1. The first-order chi connectivity index (χ1) is 11.1. The van der Waals surface area contributed by atoms with Crippen LogP contribution in [-0.2, 0) is 0 Å². The van der Waals surface area contributed by atoms with Gasteiger partial charge in [0.15, 0.2) is 23.1 Å². The highest BCUT2D eigenvalue weighted by atomic mass is 32.1. The Labute approximate surface area is 136 Å². The van der Waals surface area contributed by atoms with Crippen molar-refractivity contribution in [2.45, 2.75) is 0 Å². The minimum absolute atomic E-state index is 0.534. The SMILES string of the molecule is COc1ccc(-c2nc(-c3ccc(F)c(F)c3)cs2)cc1OC. The molecule has 6 heteroatoms. The molecular formula is C17H13F2NO2S. The fourth-order valence-electron chi connectivity index (χ4n) is 2.16. The molecule has 118 valence electrons. The zero-order chi connectivity index (χ0) is 16.4. The zero-order valence-electron chi connectivity index (χ0n) is 12.5. The van der Waals surface area contributed by atoms with Crippen molar-refractivity contribution in [2.24, 2.45) is 0 Å². The first-order valence-corrected chi connectivity index (χ1v) is 7.63. The predicted molar refractivity (Wildman–Crippen MR) is 86.0 cm³/mol. The number of hydrogen-bond acceptors (Lipinski definition) is 4. The summed E-state index contributed by atoms with van der Waals surface area (Å²) in [7, 11) is 3.14. The Morgan fingerprint density at radius 3 is 2.30 bits per heavy atom. The summed E-state index contributed by atoms with van der Waals surface area (Å²) in [5, 5.41) is 2.56. The third kappa shape index (κ3) is 3.03. The predicted octanol–water partition coefficient (Wildman–Crippen LogP) is 4.77. The van der Waals surface area contributed by atoms with Crippen LogP contribution in [0.15, 0.2) is 41.8 Å². The number of hydrogen-bond donors (Lipinski definition) is 0. The molecule has 0 aliphatic carbocycles. The number of methoxy groups -OCH3 is 2. The number of benzene rings is 2. The third-order valence-corrected chi connectivity index (χ3v) is 4.24. The summed E-state index contributed by atoms with van der Waals surface area (Å²) in [6.45, 7) is 0. The number of rotatable bonds is 4. The third-order valence-electron chi connectivity index (χ3n) is 3.35. The van der Waals surface area contributed by atoms with E-state index in [-0.39, 0.29) is 0 Å². The van der Waals surface area contributed by atoms with Crippen molar-refractivity contribution >= 4 is 11.3 Å². The Balaban J connectivity index is 1.97. The first kappa shape index (κ1) is 15.4. The Morgan fingerprint density at radius 1 is 0.870 bits per heavy atom. The van der Waals surface area contributed by atoms with E-state index in [4.69, 9.17) is 9.47 Å². The molecule has 0 bridgehead atoms. The topological polar surface area (TPSA) is 31.4 Å². The van der Waals surface area contributed by atoms with Gasteiger partial charge in [-0.2, -0.15) is 0 Å². The summed E-state index contributed by atoms with van der Waals surface area (Å²) in [6, 6.07) is 9.24. The van der Waals surface area contributed by atoms with Gasteiger partial charge >= 0.3 is 0 Å². The van der Waals surface area contributed by atoms with Crippen molar-refractivity contribution in [1.29, 1.82) is 0 Å². The van der Waals surface area contributed by atoms with E-state index in [9.17, 15) is 8.78 Å². The van der Waals surface area contributed by atoms with Gasteiger partial charge in [0.05, 0.1) is 19.9 Å². The Bertz CT molecular complexity index is 848. The van der Waals surface area contributed by atoms with E-state index in [1.807, 2.05) is 12.1 Å². The Hall–Kier alpha value is -2.47. The lowest BCUT2D eigenvalue weighted by atomic mass is 10.1. The van der Waals surface area contributed by atoms with Crippen LogP contribution >= 0.6 is 11.3 Å². The summed E-state index contributed by atoms with van der Waals surface area (Å²) in [5.74, 6) is -0.518. The fourth-order valence-corrected chi connectivity index (χ4v) is 2.99. The van der Waals surface area contributed by atoms with E-state index in [0.717, 1.165) is 22.7 Å². The molecule has 3 aromatic rings. The molecule has 0 radical (unpaired) electrons. The largest absolute Gasteiger partial charge is 0.493 e. The Kier molecular flexibility index (Phi) is 4.25. The van der Waals surface area contributed by atoms with Gasteiger partial charge in [-0.25, -0.2) is 13.8 Å². The first-order valence-electron chi connectivity index (χ1n) is 6.75. The highest BCUT2D eigenvalue weighted by Gasteiger charge is 2.12. The van der Waals surface area contributed by atoms with Crippen LogP contribution in [0, 0.1) is 11.6 Å². The van der Waals surface area contributed by atoms with Crippen molar-refractivity contribution in [3.63, 3.8) is 0 Å². The smallest absolute Gasteiger partial charge is 0.161 e. The van der Waals surface area contributed by atoms with Crippen LogP contribution in [0.4, 0.5) is 8.78 Å². The van der Waals surface area contributed by atoms with E-state index >= 15 is 0 Å². The second kappa shape index (κ2) is 6.34. The monoisotopic (exact) mass is 333 g/mol. The van der Waals surface area contributed by atoms with Crippen molar-refractivity contribution < 1.29 is 18.3 Å². The number of thiazole rings is 1. The molecule has 3 rings (SSSR count). The molecule has 0 N–H and O–H groups in total. The molecule has 0 saturated carbocycles. The maximum atomic E-state index is 13.3. The van der Waals surface area contributed by atoms with Crippen molar-refractivity contribution in [1.82, 2.24) is 4.98 Å².